The molecule has 2 saturated carbocycles. The van der Waals surface area contributed by atoms with E-state index in [2.05, 4.69) is 38.5 Å². The summed E-state index contributed by atoms with van der Waals surface area (Å²) < 4.78 is 33.9. The van der Waals surface area contributed by atoms with Gasteiger partial charge in [0.25, 0.3) is 10.0 Å². The number of sulfonamides is 1. The highest BCUT2D eigenvalue weighted by Gasteiger charge is 2.93. The largest absolute Gasteiger partial charge is 0.352 e. The van der Waals surface area contributed by atoms with E-state index in [4.69, 9.17) is 0 Å². The van der Waals surface area contributed by atoms with Crippen molar-refractivity contribution in [3.63, 3.8) is 0 Å². The SMILES string of the molecule is O=C1N(S(=O)(=O)c2ccc(Br)cc2)CC23C4CC(I)C(C2C13c1ccccc1)n1c(=O)n(-c2ccccc2)c(=O)n14. The lowest BCUT2D eigenvalue weighted by atomic mass is 9.78. The standard InChI is InChI=1S/C29H22BrIN4O5S/c30-18-11-13-20(14-12-18)41(39,40)32-16-28-22-15-21(31)23(24(28)29(28,25(32)36)17-7-3-1-4-8-17)35-27(38)33(26(37)34(22)35)19-9-5-2-6-10-19/h1-14,21-24H,15-16H2. The van der Waals surface area contributed by atoms with E-state index in [1.165, 1.54) is 21.4 Å². The van der Waals surface area contributed by atoms with Gasteiger partial charge in [0.2, 0.25) is 5.91 Å². The van der Waals surface area contributed by atoms with Crippen LogP contribution in [-0.2, 0) is 20.2 Å². The van der Waals surface area contributed by atoms with Gasteiger partial charge in [-0.3, -0.25) is 4.79 Å². The Morgan fingerprint density at radius 3 is 2.10 bits per heavy atom. The van der Waals surface area contributed by atoms with Gasteiger partial charge in [-0.1, -0.05) is 87.1 Å². The normalized spacial score (nSPS) is 31.1. The Morgan fingerprint density at radius 2 is 1.44 bits per heavy atom. The van der Waals surface area contributed by atoms with Crippen LogP contribution in [0.1, 0.15) is 24.1 Å². The number of rotatable bonds is 4. The number of aromatic nitrogens is 3. The molecule has 12 heteroatoms. The molecule has 0 radical (unpaired) electrons. The number of halogens is 2. The molecule has 3 aliphatic heterocycles. The Balaban J connectivity index is 1.36. The molecule has 6 atom stereocenters. The van der Waals surface area contributed by atoms with Gasteiger partial charge < -0.3 is 0 Å². The molecule has 0 N–H and O–H groups in total. The number of benzene rings is 3. The van der Waals surface area contributed by atoms with Gasteiger partial charge in [-0.2, -0.15) is 0 Å². The number of nitrogens with zero attached hydrogens (tertiary/aromatic N) is 4. The van der Waals surface area contributed by atoms with Crippen LogP contribution in [0.5, 0.6) is 0 Å². The molecule has 1 spiro atoms. The summed E-state index contributed by atoms with van der Waals surface area (Å²) in [4.78, 5) is 42.6. The monoisotopic (exact) mass is 744 g/mol. The molecular weight excluding hydrogens is 723 g/mol. The molecule has 4 aromatic rings. The first-order chi connectivity index (χ1) is 19.7. The third-order valence-electron chi connectivity index (χ3n) is 9.63. The summed E-state index contributed by atoms with van der Waals surface area (Å²) in [6.45, 7) is -0.0501. The molecule has 208 valence electrons. The molecule has 4 heterocycles. The van der Waals surface area contributed by atoms with Crippen molar-refractivity contribution in [2.45, 2.75) is 32.7 Å². The Morgan fingerprint density at radius 1 is 0.829 bits per heavy atom. The van der Waals surface area contributed by atoms with Crippen LogP contribution in [0.2, 0.25) is 0 Å². The molecular formula is C29H22BrIN4O5S. The fourth-order valence-corrected chi connectivity index (χ4v) is 11.1. The Labute approximate surface area is 256 Å². The number of carbonyl (C=O) groups excluding carboxylic acids is 1. The first-order valence-corrected chi connectivity index (χ1v) is 16.7. The Hall–Kier alpha value is -2.97. The van der Waals surface area contributed by atoms with Gasteiger partial charge in [0.05, 0.1) is 28.1 Å². The van der Waals surface area contributed by atoms with Crippen LogP contribution >= 0.6 is 38.5 Å². The maximum absolute atomic E-state index is 14.6. The minimum absolute atomic E-state index is 0.0209. The number of hydrogen-bond acceptors (Lipinski definition) is 5. The zero-order valence-electron chi connectivity index (χ0n) is 21.3. The van der Waals surface area contributed by atoms with Crippen molar-refractivity contribution < 1.29 is 13.2 Å². The second-order valence-corrected chi connectivity index (χ2v) is 15.5. The van der Waals surface area contributed by atoms with E-state index in [1.54, 1.807) is 41.1 Å². The van der Waals surface area contributed by atoms with Gasteiger partial charge in [-0.05, 0) is 48.4 Å². The molecule has 1 aromatic heterocycles. The van der Waals surface area contributed by atoms with Crippen molar-refractivity contribution in [2.75, 3.05) is 6.54 Å². The first kappa shape index (κ1) is 25.7. The van der Waals surface area contributed by atoms with Gasteiger partial charge in [0.15, 0.2) is 0 Å². The molecule has 2 bridgehead atoms. The molecule has 41 heavy (non-hydrogen) atoms. The fourth-order valence-electron chi connectivity index (χ4n) is 8.20. The molecule has 6 unspecified atom stereocenters. The summed E-state index contributed by atoms with van der Waals surface area (Å²) in [5.74, 6) is -0.815. The highest BCUT2D eigenvalue weighted by atomic mass is 127. The second-order valence-electron chi connectivity index (χ2n) is 11.1. The van der Waals surface area contributed by atoms with E-state index in [-0.39, 0.29) is 21.3 Å². The zero-order valence-corrected chi connectivity index (χ0v) is 25.9. The van der Waals surface area contributed by atoms with Gasteiger partial charge in [-0.15, -0.1) is 0 Å². The van der Waals surface area contributed by atoms with E-state index >= 15 is 0 Å². The third-order valence-corrected chi connectivity index (χ3v) is 13.1. The predicted octanol–water partition coefficient (Wildman–Crippen LogP) is 3.65. The number of amides is 1. The van der Waals surface area contributed by atoms with Crippen molar-refractivity contribution in [1.29, 1.82) is 0 Å². The van der Waals surface area contributed by atoms with Crippen LogP contribution in [0.4, 0.5) is 0 Å². The maximum atomic E-state index is 14.6. The fraction of sp³-hybridized carbons (Fsp3) is 0.276. The smallest absolute Gasteiger partial charge is 0.273 e. The molecule has 3 aromatic carbocycles. The molecule has 5 aliphatic rings. The third kappa shape index (κ3) is 2.91. The molecule has 2 aliphatic carbocycles. The second kappa shape index (κ2) is 8.32. The highest BCUT2D eigenvalue weighted by Crippen LogP contribution is 2.85. The van der Waals surface area contributed by atoms with Crippen molar-refractivity contribution in [3.8, 4) is 5.69 Å². The van der Waals surface area contributed by atoms with Gasteiger partial charge >= 0.3 is 11.4 Å². The van der Waals surface area contributed by atoms with Crippen LogP contribution in [-0.4, -0.2) is 43.0 Å². The van der Waals surface area contributed by atoms with Gasteiger partial charge in [0, 0.05) is 26.3 Å². The molecule has 1 saturated heterocycles. The zero-order chi connectivity index (χ0) is 28.5. The summed E-state index contributed by atoms with van der Waals surface area (Å²) in [5.41, 5.74) is -1.74. The molecule has 3 fully saturated rings. The summed E-state index contributed by atoms with van der Waals surface area (Å²) in [6, 6.07) is 23.3. The quantitative estimate of drug-likeness (QED) is 0.235. The van der Waals surface area contributed by atoms with Crippen LogP contribution in [0.15, 0.2) is 104 Å². The molecule has 9 rings (SSSR count). The van der Waals surface area contributed by atoms with Crippen molar-refractivity contribution in [2.24, 2.45) is 11.3 Å². The van der Waals surface area contributed by atoms with Crippen LogP contribution in [0, 0.1) is 11.3 Å². The van der Waals surface area contributed by atoms with Crippen molar-refractivity contribution >= 4 is 54.5 Å². The molecule has 1 amide bonds. The van der Waals surface area contributed by atoms with Gasteiger partial charge in [0.1, 0.15) is 0 Å². The number of carbonyl (C=O) groups is 1. The Kier molecular flexibility index (Phi) is 5.22. The van der Waals surface area contributed by atoms with E-state index in [9.17, 15) is 22.8 Å². The average molecular weight is 745 g/mol. The lowest BCUT2D eigenvalue weighted by molar-refractivity contribution is -0.127. The van der Waals surface area contributed by atoms with E-state index < -0.39 is 50.2 Å². The minimum Gasteiger partial charge on any atom is -0.273 e. The van der Waals surface area contributed by atoms with Crippen LogP contribution < -0.4 is 11.4 Å². The lowest BCUT2D eigenvalue weighted by Gasteiger charge is -2.46. The van der Waals surface area contributed by atoms with E-state index in [0.717, 1.165) is 14.3 Å². The number of para-hydroxylation sites is 1. The lowest BCUT2D eigenvalue weighted by Crippen LogP contribution is -2.54. The van der Waals surface area contributed by atoms with E-state index in [0.29, 0.717) is 12.1 Å². The summed E-state index contributed by atoms with van der Waals surface area (Å²) in [7, 11) is -4.17. The summed E-state index contributed by atoms with van der Waals surface area (Å²) in [6.07, 6.45) is 0.550. The van der Waals surface area contributed by atoms with Crippen molar-refractivity contribution in [3.05, 3.63) is 116 Å². The summed E-state index contributed by atoms with van der Waals surface area (Å²) in [5, 5.41) is 0. The average Bonchev–Trinajstić information content (AvgIpc) is 3.41. The van der Waals surface area contributed by atoms with Crippen LogP contribution in [0.25, 0.3) is 5.69 Å². The Bertz CT molecular complexity index is 1990. The number of hydrogen-bond donors (Lipinski definition) is 0. The summed E-state index contributed by atoms with van der Waals surface area (Å²) >= 11 is 5.68. The van der Waals surface area contributed by atoms with E-state index in [1.807, 2.05) is 36.4 Å². The maximum Gasteiger partial charge on any atom is 0.352 e. The predicted molar refractivity (Wildman–Crippen MR) is 162 cm³/mol. The van der Waals surface area contributed by atoms with Gasteiger partial charge in [-0.25, -0.2) is 36.2 Å². The number of fused-ring (bicyclic) bond motifs is 1. The first-order valence-electron chi connectivity index (χ1n) is 13.2. The molecule has 9 nitrogen and oxygen atoms in total. The number of alkyl halides is 1. The van der Waals surface area contributed by atoms with Crippen LogP contribution in [0.3, 0.4) is 0 Å². The number of piperidine rings is 1. The minimum atomic E-state index is -4.17. The topological polar surface area (TPSA) is 103 Å². The highest BCUT2D eigenvalue weighted by molar-refractivity contribution is 14.1. The van der Waals surface area contributed by atoms with Crippen molar-refractivity contribution in [1.82, 2.24) is 18.2 Å².